The first-order valence-corrected chi connectivity index (χ1v) is 10.2. The van der Waals surface area contributed by atoms with Crippen LogP contribution in [0.25, 0.3) is 0 Å². The maximum absolute atomic E-state index is 2.65. The molecule has 0 aromatic heterocycles. The predicted octanol–water partition coefficient (Wildman–Crippen LogP) is 6.56. The first-order chi connectivity index (χ1) is 10.4. The number of rotatable bonds is 15. The van der Waals surface area contributed by atoms with Crippen molar-refractivity contribution in [1.29, 1.82) is 0 Å². The van der Waals surface area contributed by atoms with Crippen molar-refractivity contribution < 1.29 is 0 Å². The van der Waals surface area contributed by atoms with Gasteiger partial charge in [-0.15, -0.1) is 0 Å². The molecule has 0 radical (unpaired) electrons. The van der Waals surface area contributed by atoms with E-state index in [1.54, 1.807) is 0 Å². The van der Waals surface area contributed by atoms with Gasteiger partial charge < -0.3 is 4.90 Å². The Morgan fingerprint density at radius 1 is 0.524 bits per heavy atom. The highest BCUT2D eigenvalue weighted by atomic mass is 15.1. The number of unbranched alkanes of at least 4 members (excludes halogenated alkanes) is 13. The summed E-state index contributed by atoms with van der Waals surface area (Å²) in [5.74, 6) is 0. The topological polar surface area (TPSA) is 3.24 Å². The fourth-order valence-electron chi connectivity index (χ4n) is 3.54. The van der Waals surface area contributed by atoms with Crippen molar-refractivity contribution in [2.45, 2.75) is 110 Å². The smallest absolute Gasteiger partial charge is 0.00183 e. The minimum Gasteiger partial charge on any atom is -0.303 e. The van der Waals surface area contributed by atoms with E-state index >= 15 is 0 Å². The second-order valence-electron chi connectivity index (χ2n) is 7.14. The van der Waals surface area contributed by atoms with Gasteiger partial charge in [0.15, 0.2) is 0 Å². The van der Waals surface area contributed by atoms with Crippen LogP contribution in [0, 0.1) is 0 Å². The zero-order valence-electron chi connectivity index (χ0n) is 14.9. The average Bonchev–Trinajstić information content (AvgIpc) is 3.01. The Morgan fingerprint density at radius 3 is 1.33 bits per heavy atom. The minimum absolute atomic E-state index is 1.37. The van der Waals surface area contributed by atoms with Crippen molar-refractivity contribution in [3.05, 3.63) is 0 Å². The molecule has 1 aliphatic heterocycles. The molecule has 126 valence electrons. The summed E-state index contributed by atoms with van der Waals surface area (Å²) in [6.45, 7) is 6.42. The molecule has 1 saturated heterocycles. The monoisotopic (exact) mass is 295 g/mol. The van der Waals surface area contributed by atoms with Crippen molar-refractivity contribution in [2.24, 2.45) is 0 Å². The van der Waals surface area contributed by atoms with E-state index in [1.165, 1.54) is 122 Å². The summed E-state index contributed by atoms with van der Waals surface area (Å²) in [5, 5.41) is 0. The van der Waals surface area contributed by atoms with Gasteiger partial charge in [0.1, 0.15) is 0 Å². The van der Waals surface area contributed by atoms with E-state index in [9.17, 15) is 0 Å². The van der Waals surface area contributed by atoms with Gasteiger partial charge in [-0.1, -0.05) is 90.4 Å². The molecular weight excluding hydrogens is 254 g/mol. The standard InChI is InChI=1S/C20H41N/c1-2-3-4-5-6-7-8-9-10-11-12-13-14-15-18-21-19-16-17-20-21/h2-20H2,1H3. The molecule has 0 saturated carbocycles. The Hall–Kier alpha value is -0.0400. The molecule has 0 aromatic rings. The van der Waals surface area contributed by atoms with Crippen molar-refractivity contribution in [2.75, 3.05) is 19.6 Å². The zero-order chi connectivity index (χ0) is 15.0. The number of nitrogens with zero attached hydrogens (tertiary/aromatic N) is 1. The van der Waals surface area contributed by atoms with Crippen LogP contribution in [0.4, 0.5) is 0 Å². The summed E-state index contributed by atoms with van der Waals surface area (Å²) < 4.78 is 0. The zero-order valence-corrected chi connectivity index (χ0v) is 14.9. The summed E-state index contributed by atoms with van der Waals surface area (Å²) in [6.07, 6.45) is 23.4. The molecule has 0 bridgehead atoms. The Labute approximate surface area is 134 Å². The Bertz CT molecular complexity index is 196. The Morgan fingerprint density at radius 2 is 0.905 bits per heavy atom. The number of hydrogen-bond donors (Lipinski definition) is 0. The molecule has 1 nitrogen and oxygen atoms in total. The van der Waals surface area contributed by atoms with Gasteiger partial charge in [-0.2, -0.15) is 0 Å². The van der Waals surface area contributed by atoms with Crippen molar-refractivity contribution in [1.82, 2.24) is 4.90 Å². The third-order valence-corrected chi connectivity index (χ3v) is 5.03. The molecule has 0 aromatic carbocycles. The Balaban J connectivity index is 1.65. The molecule has 21 heavy (non-hydrogen) atoms. The van der Waals surface area contributed by atoms with E-state index in [1.807, 2.05) is 0 Å². The van der Waals surface area contributed by atoms with Gasteiger partial charge in [0.25, 0.3) is 0 Å². The highest BCUT2D eigenvalue weighted by Crippen LogP contribution is 2.14. The van der Waals surface area contributed by atoms with Crippen molar-refractivity contribution in [3.8, 4) is 0 Å². The third kappa shape index (κ3) is 12.2. The first kappa shape index (κ1) is 19.0. The van der Waals surface area contributed by atoms with Crippen LogP contribution in [0.2, 0.25) is 0 Å². The van der Waals surface area contributed by atoms with Crippen molar-refractivity contribution >= 4 is 0 Å². The molecule has 1 aliphatic rings. The molecule has 0 amide bonds. The highest BCUT2D eigenvalue weighted by Gasteiger charge is 2.09. The average molecular weight is 296 g/mol. The number of likely N-dealkylation sites (tertiary alicyclic amines) is 1. The van der Waals surface area contributed by atoms with Gasteiger partial charge in [0, 0.05) is 0 Å². The largest absolute Gasteiger partial charge is 0.303 e. The van der Waals surface area contributed by atoms with E-state index in [2.05, 4.69) is 11.8 Å². The second kappa shape index (κ2) is 14.9. The molecule has 1 heterocycles. The maximum Gasteiger partial charge on any atom is -0.00183 e. The van der Waals surface area contributed by atoms with E-state index in [-0.39, 0.29) is 0 Å². The fraction of sp³-hybridized carbons (Fsp3) is 1.00. The lowest BCUT2D eigenvalue weighted by Crippen LogP contribution is -2.20. The van der Waals surface area contributed by atoms with Crippen LogP contribution in [-0.4, -0.2) is 24.5 Å². The van der Waals surface area contributed by atoms with E-state index in [4.69, 9.17) is 0 Å². The lowest BCUT2D eigenvalue weighted by atomic mass is 10.0. The lowest BCUT2D eigenvalue weighted by molar-refractivity contribution is 0.327. The number of hydrogen-bond acceptors (Lipinski definition) is 1. The molecule has 0 unspecified atom stereocenters. The SMILES string of the molecule is CCCCCCCCCCCCCCCCN1CCCC1. The van der Waals surface area contributed by atoms with Gasteiger partial charge in [0.05, 0.1) is 0 Å². The van der Waals surface area contributed by atoms with Crippen LogP contribution in [0.1, 0.15) is 110 Å². The predicted molar refractivity (Wildman–Crippen MR) is 96.0 cm³/mol. The Kier molecular flexibility index (Phi) is 13.5. The van der Waals surface area contributed by atoms with Crippen LogP contribution >= 0.6 is 0 Å². The maximum atomic E-state index is 2.65. The molecule has 1 rings (SSSR count). The van der Waals surface area contributed by atoms with E-state index < -0.39 is 0 Å². The van der Waals surface area contributed by atoms with Crippen molar-refractivity contribution in [3.63, 3.8) is 0 Å². The second-order valence-corrected chi connectivity index (χ2v) is 7.14. The van der Waals surface area contributed by atoms with E-state index in [0.29, 0.717) is 0 Å². The van der Waals surface area contributed by atoms with Gasteiger partial charge >= 0.3 is 0 Å². The molecule has 0 aliphatic carbocycles. The van der Waals surface area contributed by atoms with Gasteiger partial charge in [-0.05, 0) is 38.9 Å². The van der Waals surface area contributed by atoms with Crippen LogP contribution in [-0.2, 0) is 0 Å². The third-order valence-electron chi connectivity index (χ3n) is 5.03. The van der Waals surface area contributed by atoms with Gasteiger partial charge in [0.2, 0.25) is 0 Å². The van der Waals surface area contributed by atoms with Crippen LogP contribution in [0.15, 0.2) is 0 Å². The van der Waals surface area contributed by atoms with Crippen LogP contribution < -0.4 is 0 Å². The first-order valence-electron chi connectivity index (χ1n) is 10.2. The molecule has 1 fully saturated rings. The summed E-state index contributed by atoms with van der Waals surface area (Å²) in [6, 6.07) is 0. The normalized spacial score (nSPS) is 15.9. The molecule has 1 heteroatoms. The summed E-state index contributed by atoms with van der Waals surface area (Å²) >= 11 is 0. The van der Waals surface area contributed by atoms with Gasteiger partial charge in [-0.25, -0.2) is 0 Å². The molecule has 0 N–H and O–H groups in total. The summed E-state index contributed by atoms with van der Waals surface area (Å²) in [7, 11) is 0. The molecule has 0 atom stereocenters. The highest BCUT2D eigenvalue weighted by molar-refractivity contribution is 4.65. The molecular formula is C20H41N. The molecule has 0 spiro atoms. The summed E-state index contributed by atoms with van der Waals surface area (Å²) in [5.41, 5.74) is 0. The van der Waals surface area contributed by atoms with E-state index in [0.717, 1.165) is 0 Å². The van der Waals surface area contributed by atoms with Gasteiger partial charge in [-0.3, -0.25) is 0 Å². The lowest BCUT2D eigenvalue weighted by Gasteiger charge is -2.13. The van der Waals surface area contributed by atoms with Crippen LogP contribution in [0.3, 0.4) is 0 Å². The quantitative estimate of drug-likeness (QED) is 0.309. The summed E-state index contributed by atoms with van der Waals surface area (Å²) in [4.78, 5) is 2.65. The fourth-order valence-corrected chi connectivity index (χ4v) is 3.54. The van der Waals surface area contributed by atoms with Crippen LogP contribution in [0.5, 0.6) is 0 Å². The minimum atomic E-state index is 1.37.